The van der Waals surface area contributed by atoms with Crippen LogP contribution in [0.2, 0.25) is 0 Å². The number of carbonyl (C=O) groups is 2. The van der Waals surface area contributed by atoms with E-state index in [4.69, 9.17) is 0 Å². The van der Waals surface area contributed by atoms with Crippen molar-refractivity contribution < 1.29 is 14.5 Å². The van der Waals surface area contributed by atoms with Gasteiger partial charge in [-0.2, -0.15) is 0 Å². The maximum atomic E-state index is 11.9. The molecule has 0 aliphatic carbocycles. The Balaban J connectivity index is 2.84. The van der Waals surface area contributed by atoms with Crippen LogP contribution in [0.15, 0.2) is 24.3 Å². The Hall–Kier alpha value is -2.44. The molecule has 1 aromatic rings. The van der Waals surface area contributed by atoms with Gasteiger partial charge < -0.3 is 10.6 Å². The van der Waals surface area contributed by atoms with E-state index in [0.29, 0.717) is 6.54 Å². The first-order valence-corrected chi connectivity index (χ1v) is 5.79. The van der Waals surface area contributed by atoms with Crippen LogP contribution < -0.4 is 10.6 Å². The van der Waals surface area contributed by atoms with E-state index < -0.39 is 16.9 Å². The lowest BCUT2D eigenvalue weighted by Gasteiger charge is -2.13. The molecular formula is C12H15N3O4. The van der Waals surface area contributed by atoms with Crippen LogP contribution in [-0.4, -0.2) is 29.3 Å². The van der Waals surface area contributed by atoms with Crippen molar-refractivity contribution in [1.82, 2.24) is 10.6 Å². The molecule has 0 radical (unpaired) electrons. The van der Waals surface area contributed by atoms with Gasteiger partial charge in [-0.3, -0.25) is 19.7 Å². The summed E-state index contributed by atoms with van der Waals surface area (Å²) in [5.74, 6) is -0.986. The molecule has 7 heteroatoms. The zero-order valence-corrected chi connectivity index (χ0v) is 10.7. The van der Waals surface area contributed by atoms with Crippen LogP contribution in [0, 0.1) is 10.1 Å². The summed E-state index contributed by atoms with van der Waals surface area (Å²) in [4.78, 5) is 33.5. The van der Waals surface area contributed by atoms with Crippen molar-refractivity contribution in [3.05, 3.63) is 39.9 Å². The second-order valence-corrected chi connectivity index (χ2v) is 3.86. The van der Waals surface area contributed by atoms with E-state index in [9.17, 15) is 19.7 Å². The molecule has 0 fully saturated rings. The minimum absolute atomic E-state index is 0.0661. The van der Waals surface area contributed by atoms with E-state index in [-0.39, 0.29) is 17.2 Å². The molecule has 0 bridgehead atoms. The van der Waals surface area contributed by atoms with Crippen molar-refractivity contribution >= 4 is 17.5 Å². The van der Waals surface area contributed by atoms with Crippen LogP contribution in [0.4, 0.5) is 5.69 Å². The quantitative estimate of drug-likeness (QED) is 0.608. The van der Waals surface area contributed by atoms with E-state index >= 15 is 0 Å². The van der Waals surface area contributed by atoms with Gasteiger partial charge in [-0.1, -0.05) is 12.1 Å². The second kappa shape index (κ2) is 6.48. The topological polar surface area (TPSA) is 101 Å². The average Bonchev–Trinajstić information content (AvgIpc) is 2.38. The van der Waals surface area contributed by atoms with Gasteiger partial charge in [0.25, 0.3) is 11.6 Å². The van der Waals surface area contributed by atoms with Crippen molar-refractivity contribution in [2.24, 2.45) is 0 Å². The molecule has 2 N–H and O–H groups in total. The van der Waals surface area contributed by atoms with Crippen molar-refractivity contribution in [2.45, 2.75) is 19.9 Å². The van der Waals surface area contributed by atoms with E-state index in [1.807, 2.05) is 0 Å². The Bertz CT molecular complexity index is 502. The number of hydrogen-bond acceptors (Lipinski definition) is 4. The monoisotopic (exact) mass is 265 g/mol. The van der Waals surface area contributed by atoms with Crippen molar-refractivity contribution in [3.8, 4) is 0 Å². The zero-order valence-electron chi connectivity index (χ0n) is 10.7. The third-order valence-electron chi connectivity index (χ3n) is 2.44. The fourth-order valence-electron chi connectivity index (χ4n) is 1.49. The summed E-state index contributed by atoms with van der Waals surface area (Å²) in [6, 6.07) is 4.83. The Morgan fingerprint density at radius 1 is 1.37 bits per heavy atom. The molecule has 0 heterocycles. The number of para-hydroxylation sites is 1. The lowest BCUT2D eigenvalue weighted by atomic mass is 10.1. The summed E-state index contributed by atoms with van der Waals surface area (Å²) < 4.78 is 0. The summed E-state index contributed by atoms with van der Waals surface area (Å²) in [6.07, 6.45) is 0. The Kier molecular flexibility index (Phi) is 4.99. The first-order chi connectivity index (χ1) is 8.97. The highest BCUT2D eigenvalue weighted by Crippen LogP contribution is 2.17. The van der Waals surface area contributed by atoms with Gasteiger partial charge in [0.1, 0.15) is 11.6 Å². The molecule has 0 saturated heterocycles. The van der Waals surface area contributed by atoms with Crippen molar-refractivity contribution in [1.29, 1.82) is 0 Å². The second-order valence-electron chi connectivity index (χ2n) is 3.86. The van der Waals surface area contributed by atoms with Crippen LogP contribution in [-0.2, 0) is 4.79 Å². The van der Waals surface area contributed by atoms with Crippen LogP contribution >= 0.6 is 0 Å². The lowest BCUT2D eigenvalue weighted by Crippen LogP contribution is -2.44. The molecule has 0 aliphatic heterocycles. The smallest absolute Gasteiger partial charge is 0.282 e. The normalized spacial score (nSPS) is 11.5. The molecule has 0 aliphatic rings. The third kappa shape index (κ3) is 3.77. The summed E-state index contributed by atoms with van der Waals surface area (Å²) in [6.45, 7) is 3.72. The van der Waals surface area contributed by atoms with Gasteiger partial charge in [-0.05, 0) is 19.9 Å². The molecule has 1 atom stereocenters. The molecule has 102 valence electrons. The summed E-state index contributed by atoms with van der Waals surface area (Å²) in [5.41, 5.74) is -0.355. The molecule has 1 rings (SSSR count). The van der Waals surface area contributed by atoms with Gasteiger partial charge >= 0.3 is 0 Å². The molecule has 1 aromatic carbocycles. The van der Waals surface area contributed by atoms with Gasteiger partial charge in [0, 0.05) is 12.6 Å². The largest absolute Gasteiger partial charge is 0.355 e. The van der Waals surface area contributed by atoms with Crippen molar-refractivity contribution in [3.63, 3.8) is 0 Å². The highest BCUT2D eigenvalue weighted by Gasteiger charge is 2.22. The molecule has 0 saturated carbocycles. The van der Waals surface area contributed by atoms with Gasteiger partial charge in [0.15, 0.2) is 0 Å². The molecule has 7 nitrogen and oxygen atoms in total. The first-order valence-electron chi connectivity index (χ1n) is 5.79. The van der Waals surface area contributed by atoms with Crippen LogP contribution in [0.1, 0.15) is 24.2 Å². The van der Waals surface area contributed by atoms with Gasteiger partial charge in [-0.25, -0.2) is 0 Å². The number of rotatable bonds is 5. The Morgan fingerprint density at radius 3 is 2.58 bits per heavy atom. The summed E-state index contributed by atoms with van der Waals surface area (Å²) in [5, 5.41) is 15.8. The summed E-state index contributed by atoms with van der Waals surface area (Å²) >= 11 is 0. The van der Waals surface area contributed by atoms with Crippen LogP contribution in [0.3, 0.4) is 0 Å². The van der Waals surface area contributed by atoms with Gasteiger partial charge in [0.2, 0.25) is 5.91 Å². The first kappa shape index (κ1) is 14.6. The van der Waals surface area contributed by atoms with Gasteiger partial charge in [0.05, 0.1) is 4.92 Å². The Morgan fingerprint density at radius 2 is 2.00 bits per heavy atom. The van der Waals surface area contributed by atoms with E-state index in [2.05, 4.69) is 10.6 Å². The number of benzene rings is 1. The lowest BCUT2D eigenvalue weighted by molar-refractivity contribution is -0.385. The van der Waals surface area contributed by atoms with E-state index in [1.165, 1.54) is 31.2 Å². The van der Waals surface area contributed by atoms with Gasteiger partial charge in [-0.15, -0.1) is 0 Å². The zero-order chi connectivity index (χ0) is 14.4. The number of nitrogens with one attached hydrogen (secondary N) is 2. The van der Waals surface area contributed by atoms with E-state index in [1.54, 1.807) is 6.92 Å². The maximum Gasteiger partial charge on any atom is 0.282 e. The number of nitrogens with zero attached hydrogens (tertiary/aromatic N) is 1. The maximum absolute atomic E-state index is 11.9. The predicted molar refractivity (Wildman–Crippen MR) is 68.7 cm³/mol. The molecule has 1 unspecified atom stereocenters. The molecule has 2 amide bonds. The number of nitro benzene ring substituents is 1. The predicted octanol–water partition coefficient (Wildman–Crippen LogP) is 0.849. The number of likely N-dealkylation sites (N-methyl/N-ethyl adjacent to an activating group) is 1. The fourth-order valence-corrected chi connectivity index (χ4v) is 1.49. The highest BCUT2D eigenvalue weighted by atomic mass is 16.6. The molecule has 0 aromatic heterocycles. The average molecular weight is 265 g/mol. The highest BCUT2D eigenvalue weighted by molar-refractivity contribution is 6.00. The number of carbonyl (C=O) groups excluding carboxylic acids is 2. The minimum atomic E-state index is -0.757. The molecule has 0 spiro atoms. The molecule has 19 heavy (non-hydrogen) atoms. The SMILES string of the molecule is CCNC(=O)C(C)NC(=O)c1ccccc1[N+](=O)[O-]. The number of hydrogen-bond donors (Lipinski definition) is 2. The van der Waals surface area contributed by atoms with Crippen molar-refractivity contribution in [2.75, 3.05) is 6.54 Å². The minimum Gasteiger partial charge on any atom is -0.355 e. The Labute approximate surface area is 110 Å². The standard InChI is InChI=1S/C12H15N3O4/c1-3-13-11(16)8(2)14-12(17)9-6-4-5-7-10(9)15(18)19/h4-8H,3H2,1-2H3,(H,13,16)(H,14,17). The van der Waals surface area contributed by atoms with E-state index in [0.717, 1.165) is 0 Å². The number of amides is 2. The third-order valence-corrected chi connectivity index (χ3v) is 2.44. The summed E-state index contributed by atoms with van der Waals surface area (Å²) in [7, 11) is 0. The number of nitro groups is 1. The molecular weight excluding hydrogens is 250 g/mol. The fraction of sp³-hybridized carbons (Fsp3) is 0.333. The van der Waals surface area contributed by atoms with Crippen LogP contribution in [0.25, 0.3) is 0 Å². The van der Waals surface area contributed by atoms with Crippen LogP contribution in [0.5, 0.6) is 0 Å².